The Morgan fingerprint density at radius 3 is 2.41 bits per heavy atom. The van der Waals surface area contributed by atoms with E-state index in [0.717, 1.165) is 24.3 Å². The Hall–Kier alpha value is -2.73. The summed E-state index contributed by atoms with van der Waals surface area (Å²) in [4.78, 5) is 25.9. The van der Waals surface area contributed by atoms with E-state index in [0.29, 0.717) is 16.4 Å². The molecule has 1 heterocycles. The van der Waals surface area contributed by atoms with Gasteiger partial charge in [0, 0.05) is 31.4 Å². The second-order valence-corrected chi connectivity index (χ2v) is 7.75. The van der Waals surface area contributed by atoms with Crippen LogP contribution in [0.15, 0.2) is 42.5 Å². The number of carbonyl (C=O) groups excluding carboxylic acids is 2. The second-order valence-electron chi connectivity index (χ2n) is 7.34. The van der Waals surface area contributed by atoms with Crippen LogP contribution >= 0.6 is 11.6 Å². The minimum absolute atomic E-state index is 0.134. The predicted octanol–water partition coefficient (Wildman–Crippen LogP) is 5.17. The first-order chi connectivity index (χ1) is 13.9. The molecule has 154 valence electrons. The van der Waals surface area contributed by atoms with Crippen molar-refractivity contribution in [1.29, 1.82) is 0 Å². The van der Waals surface area contributed by atoms with Crippen molar-refractivity contribution in [2.24, 2.45) is 0 Å². The van der Waals surface area contributed by atoms with Gasteiger partial charge in [-0.25, -0.2) is 4.79 Å². The van der Waals surface area contributed by atoms with Crippen LogP contribution in [0.25, 0.3) is 0 Å². The van der Waals surface area contributed by atoms with Crippen molar-refractivity contribution in [2.75, 3.05) is 28.6 Å². The smallest absolute Gasteiger partial charge is 0.319 e. The molecule has 1 saturated heterocycles. The molecule has 3 N–H and O–H groups in total. The Morgan fingerprint density at radius 2 is 1.72 bits per heavy atom. The van der Waals surface area contributed by atoms with E-state index < -0.39 is 0 Å². The third kappa shape index (κ3) is 5.87. The zero-order valence-electron chi connectivity index (χ0n) is 16.8. The van der Waals surface area contributed by atoms with Crippen molar-refractivity contribution in [2.45, 2.75) is 39.2 Å². The van der Waals surface area contributed by atoms with Gasteiger partial charge in [0.25, 0.3) is 0 Å². The summed E-state index contributed by atoms with van der Waals surface area (Å²) in [5.74, 6) is -0.134. The van der Waals surface area contributed by atoms with Gasteiger partial charge in [0.2, 0.25) is 5.91 Å². The zero-order valence-corrected chi connectivity index (χ0v) is 17.6. The molecule has 3 rings (SSSR count). The maximum Gasteiger partial charge on any atom is 0.319 e. The van der Waals surface area contributed by atoms with E-state index in [-0.39, 0.29) is 18.0 Å². The van der Waals surface area contributed by atoms with Crippen LogP contribution in [-0.4, -0.2) is 25.0 Å². The molecular formula is C22H27ClN4O2. The van der Waals surface area contributed by atoms with Crippen molar-refractivity contribution >= 4 is 40.6 Å². The number of urea groups is 1. The van der Waals surface area contributed by atoms with Crippen molar-refractivity contribution in [3.05, 3.63) is 53.1 Å². The molecule has 0 spiro atoms. The Kier molecular flexibility index (Phi) is 6.99. The van der Waals surface area contributed by atoms with Gasteiger partial charge in [-0.3, -0.25) is 4.79 Å². The van der Waals surface area contributed by atoms with E-state index in [2.05, 4.69) is 20.9 Å². The molecule has 0 aliphatic carbocycles. The molecule has 2 aromatic rings. The number of hydrogen-bond donors (Lipinski definition) is 3. The number of nitrogens with one attached hydrogen (secondary N) is 3. The first kappa shape index (κ1) is 21.0. The summed E-state index contributed by atoms with van der Waals surface area (Å²) in [6.45, 7) is 5.38. The third-order valence-corrected chi connectivity index (χ3v) is 5.26. The quantitative estimate of drug-likeness (QED) is 0.631. The summed E-state index contributed by atoms with van der Waals surface area (Å²) in [6, 6.07) is 12.5. The number of rotatable bonds is 5. The fourth-order valence-corrected chi connectivity index (χ4v) is 3.81. The van der Waals surface area contributed by atoms with Crippen molar-refractivity contribution in [3.63, 3.8) is 0 Å². The van der Waals surface area contributed by atoms with Gasteiger partial charge in [0.05, 0.1) is 16.8 Å². The van der Waals surface area contributed by atoms with E-state index in [9.17, 15) is 9.59 Å². The van der Waals surface area contributed by atoms with Crippen LogP contribution < -0.4 is 20.9 Å². The highest BCUT2D eigenvalue weighted by atomic mass is 35.5. The summed E-state index contributed by atoms with van der Waals surface area (Å²) in [5.41, 5.74) is 3.25. The summed E-state index contributed by atoms with van der Waals surface area (Å²) in [6.07, 6.45) is 3.62. The topological polar surface area (TPSA) is 73.5 Å². The van der Waals surface area contributed by atoms with Gasteiger partial charge >= 0.3 is 6.03 Å². The summed E-state index contributed by atoms with van der Waals surface area (Å²) in [7, 11) is 0. The monoisotopic (exact) mass is 414 g/mol. The van der Waals surface area contributed by atoms with Crippen molar-refractivity contribution in [3.8, 4) is 0 Å². The number of amides is 3. The molecule has 2 aromatic carbocycles. The van der Waals surface area contributed by atoms with Crippen LogP contribution in [0, 0.1) is 0 Å². The third-order valence-electron chi connectivity index (χ3n) is 4.96. The molecule has 7 heteroatoms. The van der Waals surface area contributed by atoms with E-state index >= 15 is 0 Å². The van der Waals surface area contributed by atoms with Crippen LogP contribution in [0.1, 0.15) is 44.7 Å². The minimum atomic E-state index is -0.316. The zero-order chi connectivity index (χ0) is 20.8. The van der Waals surface area contributed by atoms with E-state index in [1.165, 1.54) is 26.2 Å². The second kappa shape index (κ2) is 9.65. The molecule has 0 aromatic heterocycles. The first-order valence-corrected chi connectivity index (χ1v) is 10.3. The lowest BCUT2D eigenvalue weighted by atomic mass is 10.1. The average molecular weight is 415 g/mol. The highest BCUT2D eigenvalue weighted by Gasteiger charge is 2.15. The number of carbonyl (C=O) groups is 2. The summed E-state index contributed by atoms with van der Waals surface area (Å²) < 4.78 is 0. The van der Waals surface area contributed by atoms with Crippen LogP contribution in [0.2, 0.25) is 5.02 Å². The molecule has 29 heavy (non-hydrogen) atoms. The number of anilines is 3. The van der Waals surface area contributed by atoms with Gasteiger partial charge in [-0.2, -0.15) is 0 Å². The SMILES string of the molecule is CC(=O)Nc1cccc(C(C)NC(=O)Nc2ccc(N3CCCCC3)c(Cl)c2)c1. The predicted molar refractivity (Wildman–Crippen MR) is 119 cm³/mol. The van der Waals surface area contributed by atoms with Crippen molar-refractivity contribution < 1.29 is 9.59 Å². The van der Waals surface area contributed by atoms with Gasteiger partial charge in [-0.05, 0) is 62.1 Å². The Labute approximate surface area is 176 Å². The number of hydrogen-bond acceptors (Lipinski definition) is 3. The molecule has 0 saturated carbocycles. The highest BCUT2D eigenvalue weighted by molar-refractivity contribution is 6.33. The maximum absolute atomic E-state index is 12.4. The standard InChI is InChI=1S/C22H27ClN4O2/c1-15(17-7-6-8-18(13-17)25-16(2)28)24-22(29)26-19-9-10-21(20(23)14-19)27-11-4-3-5-12-27/h6-10,13-15H,3-5,11-12H2,1-2H3,(H,25,28)(H2,24,26,29). The molecule has 3 amide bonds. The number of nitrogens with zero attached hydrogens (tertiary/aromatic N) is 1. The van der Waals surface area contributed by atoms with E-state index in [1.807, 2.05) is 43.3 Å². The molecule has 1 atom stereocenters. The van der Waals surface area contributed by atoms with Crippen LogP contribution in [0.3, 0.4) is 0 Å². The normalized spacial score (nSPS) is 14.8. The molecule has 0 bridgehead atoms. The van der Waals surface area contributed by atoms with Crippen molar-refractivity contribution in [1.82, 2.24) is 5.32 Å². The Morgan fingerprint density at radius 1 is 1.00 bits per heavy atom. The van der Waals surface area contributed by atoms with Crippen LogP contribution in [0.4, 0.5) is 21.9 Å². The summed E-state index contributed by atoms with van der Waals surface area (Å²) >= 11 is 6.46. The van der Waals surface area contributed by atoms with Crippen LogP contribution in [-0.2, 0) is 4.79 Å². The molecule has 0 radical (unpaired) electrons. The molecule has 6 nitrogen and oxygen atoms in total. The highest BCUT2D eigenvalue weighted by Crippen LogP contribution is 2.30. The number of benzene rings is 2. The fraction of sp³-hybridized carbons (Fsp3) is 0.364. The fourth-order valence-electron chi connectivity index (χ4n) is 3.51. The lowest BCUT2D eigenvalue weighted by Gasteiger charge is -2.29. The lowest BCUT2D eigenvalue weighted by molar-refractivity contribution is -0.114. The molecule has 1 fully saturated rings. The van der Waals surface area contributed by atoms with E-state index in [4.69, 9.17) is 11.6 Å². The van der Waals surface area contributed by atoms with Gasteiger partial charge in [-0.15, -0.1) is 0 Å². The van der Waals surface area contributed by atoms with Gasteiger partial charge < -0.3 is 20.9 Å². The Bertz CT molecular complexity index is 881. The maximum atomic E-state index is 12.4. The molecule has 1 unspecified atom stereocenters. The van der Waals surface area contributed by atoms with Gasteiger partial charge in [0.15, 0.2) is 0 Å². The molecular weight excluding hydrogens is 388 g/mol. The first-order valence-electron chi connectivity index (χ1n) is 9.92. The minimum Gasteiger partial charge on any atom is -0.370 e. The molecule has 1 aliphatic rings. The molecule has 1 aliphatic heterocycles. The largest absolute Gasteiger partial charge is 0.370 e. The number of piperidine rings is 1. The van der Waals surface area contributed by atoms with E-state index in [1.54, 1.807) is 6.07 Å². The van der Waals surface area contributed by atoms with Crippen LogP contribution in [0.5, 0.6) is 0 Å². The average Bonchev–Trinajstić information content (AvgIpc) is 2.68. The van der Waals surface area contributed by atoms with Gasteiger partial charge in [0.1, 0.15) is 0 Å². The lowest BCUT2D eigenvalue weighted by Crippen LogP contribution is -2.31. The summed E-state index contributed by atoms with van der Waals surface area (Å²) in [5, 5.41) is 9.13. The number of halogens is 1. The van der Waals surface area contributed by atoms with Gasteiger partial charge in [-0.1, -0.05) is 23.7 Å². The Balaban J connectivity index is 1.60.